The van der Waals surface area contributed by atoms with Gasteiger partial charge in [0.05, 0.1) is 11.4 Å². The molecule has 0 aliphatic heterocycles. The molecule has 134 valence electrons. The van der Waals surface area contributed by atoms with Crippen LogP contribution in [0.2, 0.25) is 0 Å². The fourth-order valence-electron chi connectivity index (χ4n) is 2.37. The summed E-state index contributed by atoms with van der Waals surface area (Å²) in [5.41, 5.74) is 1.20. The fraction of sp³-hybridized carbons (Fsp3) is 0.158. The van der Waals surface area contributed by atoms with Crippen molar-refractivity contribution in [2.45, 2.75) is 19.9 Å². The molecule has 0 saturated heterocycles. The SMILES string of the molecule is CC(C)Nc1cc(-c2ccccc2)nc(Nc2ccc(F)c(F)c2F)n1. The van der Waals surface area contributed by atoms with E-state index in [0.717, 1.165) is 17.7 Å². The van der Waals surface area contributed by atoms with E-state index >= 15 is 0 Å². The van der Waals surface area contributed by atoms with Gasteiger partial charge in [0.2, 0.25) is 5.95 Å². The average molecular weight is 358 g/mol. The van der Waals surface area contributed by atoms with E-state index in [4.69, 9.17) is 0 Å². The van der Waals surface area contributed by atoms with Crippen molar-refractivity contribution < 1.29 is 13.2 Å². The molecule has 1 heterocycles. The first-order valence-electron chi connectivity index (χ1n) is 8.05. The fourth-order valence-corrected chi connectivity index (χ4v) is 2.37. The summed E-state index contributed by atoms with van der Waals surface area (Å²) < 4.78 is 40.5. The zero-order valence-electron chi connectivity index (χ0n) is 14.2. The van der Waals surface area contributed by atoms with E-state index in [1.165, 1.54) is 0 Å². The van der Waals surface area contributed by atoms with Gasteiger partial charge in [-0.25, -0.2) is 18.2 Å². The van der Waals surface area contributed by atoms with Crippen molar-refractivity contribution in [2.75, 3.05) is 10.6 Å². The Morgan fingerprint density at radius 2 is 1.62 bits per heavy atom. The molecule has 0 radical (unpaired) electrons. The van der Waals surface area contributed by atoms with Crippen molar-refractivity contribution in [1.82, 2.24) is 9.97 Å². The maximum atomic E-state index is 13.9. The molecule has 7 heteroatoms. The second-order valence-electron chi connectivity index (χ2n) is 5.98. The van der Waals surface area contributed by atoms with Gasteiger partial charge in [0.25, 0.3) is 0 Å². The van der Waals surface area contributed by atoms with Crippen molar-refractivity contribution in [2.24, 2.45) is 0 Å². The van der Waals surface area contributed by atoms with Gasteiger partial charge in [-0.2, -0.15) is 4.98 Å². The third-order valence-electron chi connectivity index (χ3n) is 3.51. The first-order chi connectivity index (χ1) is 12.4. The van der Waals surface area contributed by atoms with Crippen LogP contribution in [0.4, 0.5) is 30.6 Å². The molecule has 1 aromatic heterocycles. The highest BCUT2D eigenvalue weighted by Crippen LogP contribution is 2.26. The molecule has 0 atom stereocenters. The van der Waals surface area contributed by atoms with Crippen LogP contribution < -0.4 is 10.6 Å². The molecule has 26 heavy (non-hydrogen) atoms. The summed E-state index contributed by atoms with van der Waals surface area (Å²) in [7, 11) is 0. The highest BCUT2D eigenvalue weighted by atomic mass is 19.2. The normalized spacial score (nSPS) is 10.8. The second-order valence-corrected chi connectivity index (χ2v) is 5.98. The van der Waals surface area contributed by atoms with Crippen LogP contribution in [0.5, 0.6) is 0 Å². The maximum absolute atomic E-state index is 13.9. The molecular weight excluding hydrogens is 341 g/mol. The number of rotatable bonds is 5. The number of halogens is 3. The Bertz CT molecular complexity index is 914. The van der Waals surface area contributed by atoms with Crippen LogP contribution in [0.3, 0.4) is 0 Å². The zero-order chi connectivity index (χ0) is 18.7. The Kier molecular flexibility index (Phi) is 5.06. The summed E-state index contributed by atoms with van der Waals surface area (Å²) in [5, 5.41) is 5.78. The monoisotopic (exact) mass is 358 g/mol. The van der Waals surface area contributed by atoms with E-state index < -0.39 is 17.5 Å². The van der Waals surface area contributed by atoms with Crippen LogP contribution in [0, 0.1) is 17.5 Å². The van der Waals surface area contributed by atoms with E-state index in [1.54, 1.807) is 6.07 Å². The quantitative estimate of drug-likeness (QED) is 0.621. The standard InChI is InChI=1S/C19H17F3N4/c1-11(2)23-16-10-15(12-6-4-3-5-7-12)25-19(26-16)24-14-9-8-13(20)17(21)18(14)22/h3-11H,1-2H3,(H2,23,24,25,26). The van der Waals surface area contributed by atoms with Gasteiger partial charge in [-0.15, -0.1) is 0 Å². The highest BCUT2D eigenvalue weighted by Gasteiger charge is 2.15. The summed E-state index contributed by atoms with van der Waals surface area (Å²) in [6.45, 7) is 3.90. The van der Waals surface area contributed by atoms with Gasteiger partial charge in [-0.05, 0) is 26.0 Å². The molecule has 0 aliphatic rings. The van der Waals surface area contributed by atoms with Gasteiger partial charge in [-0.1, -0.05) is 30.3 Å². The molecule has 2 N–H and O–H groups in total. The largest absolute Gasteiger partial charge is 0.368 e. The minimum Gasteiger partial charge on any atom is -0.368 e. The van der Waals surface area contributed by atoms with Crippen LogP contribution in [0.1, 0.15) is 13.8 Å². The number of anilines is 3. The molecule has 4 nitrogen and oxygen atoms in total. The molecule has 0 saturated carbocycles. The first-order valence-corrected chi connectivity index (χ1v) is 8.05. The first kappa shape index (κ1) is 17.7. The van der Waals surface area contributed by atoms with E-state index in [0.29, 0.717) is 11.5 Å². The molecule has 0 bridgehead atoms. The second kappa shape index (κ2) is 7.43. The van der Waals surface area contributed by atoms with Crippen molar-refractivity contribution in [3.8, 4) is 11.3 Å². The van der Waals surface area contributed by atoms with Gasteiger partial charge >= 0.3 is 0 Å². The molecule has 2 aromatic carbocycles. The average Bonchev–Trinajstić information content (AvgIpc) is 2.62. The highest BCUT2D eigenvalue weighted by molar-refractivity contribution is 5.66. The summed E-state index contributed by atoms with van der Waals surface area (Å²) in [6.07, 6.45) is 0. The molecule has 0 spiro atoms. The van der Waals surface area contributed by atoms with Crippen molar-refractivity contribution in [1.29, 1.82) is 0 Å². The maximum Gasteiger partial charge on any atom is 0.229 e. The summed E-state index contributed by atoms with van der Waals surface area (Å²) in [5.74, 6) is -3.53. The van der Waals surface area contributed by atoms with Crippen LogP contribution in [-0.2, 0) is 0 Å². The predicted octanol–water partition coefficient (Wildman–Crippen LogP) is 5.12. The van der Waals surface area contributed by atoms with Gasteiger partial charge in [0.15, 0.2) is 17.5 Å². The summed E-state index contributed by atoms with van der Waals surface area (Å²) >= 11 is 0. The molecule has 0 fully saturated rings. The third-order valence-corrected chi connectivity index (χ3v) is 3.51. The van der Waals surface area contributed by atoms with E-state index in [2.05, 4.69) is 20.6 Å². The Balaban J connectivity index is 2.02. The molecule has 0 amide bonds. The lowest BCUT2D eigenvalue weighted by atomic mass is 10.1. The number of nitrogens with zero attached hydrogens (tertiary/aromatic N) is 2. The van der Waals surface area contributed by atoms with Crippen molar-refractivity contribution >= 4 is 17.5 Å². The van der Waals surface area contributed by atoms with Crippen LogP contribution in [-0.4, -0.2) is 16.0 Å². The van der Waals surface area contributed by atoms with E-state index in [-0.39, 0.29) is 17.7 Å². The van der Waals surface area contributed by atoms with Gasteiger partial charge in [0.1, 0.15) is 5.82 Å². The Morgan fingerprint density at radius 3 is 2.31 bits per heavy atom. The minimum atomic E-state index is -1.55. The summed E-state index contributed by atoms with van der Waals surface area (Å²) in [4.78, 5) is 8.63. The number of nitrogens with one attached hydrogen (secondary N) is 2. The molecule has 0 aliphatic carbocycles. The van der Waals surface area contributed by atoms with E-state index in [1.807, 2.05) is 44.2 Å². The van der Waals surface area contributed by atoms with Gasteiger partial charge in [0, 0.05) is 17.7 Å². The minimum absolute atomic E-state index is 0.0689. The van der Waals surface area contributed by atoms with Crippen molar-refractivity contribution in [3.63, 3.8) is 0 Å². The molecular formula is C19H17F3N4. The Morgan fingerprint density at radius 1 is 0.885 bits per heavy atom. The van der Waals surface area contributed by atoms with Gasteiger partial charge in [-0.3, -0.25) is 0 Å². The lowest BCUT2D eigenvalue weighted by Gasteiger charge is -2.14. The number of benzene rings is 2. The molecule has 3 rings (SSSR count). The number of hydrogen-bond acceptors (Lipinski definition) is 4. The Hall–Kier alpha value is -3.09. The Labute approximate surface area is 149 Å². The lowest BCUT2D eigenvalue weighted by Crippen LogP contribution is -2.12. The third kappa shape index (κ3) is 3.93. The lowest BCUT2D eigenvalue weighted by molar-refractivity contribution is 0.449. The van der Waals surface area contributed by atoms with Crippen LogP contribution >= 0.6 is 0 Å². The van der Waals surface area contributed by atoms with Gasteiger partial charge < -0.3 is 10.6 Å². The van der Waals surface area contributed by atoms with Crippen molar-refractivity contribution in [3.05, 3.63) is 66.0 Å². The predicted molar refractivity (Wildman–Crippen MR) is 95.8 cm³/mol. The summed E-state index contributed by atoms with van der Waals surface area (Å²) in [6, 6.07) is 13.2. The topological polar surface area (TPSA) is 49.8 Å². The van der Waals surface area contributed by atoms with E-state index in [9.17, 15) is 13.2 Å². The van der Waals surface area contributed by atoms with Crippen LogP contribution in [0.25, 0.3) is 11.3 Å². The number of hydrogen-bond donors (Lipinski definition) is 2. The number of aromatic nitrogens is 2. The van der Waals surface area contributed by atoms with Crippen LogP contribution in [0.15, 0.2) is 48.5 Å². The zero-order valence-corrected chi connectivity index (χ0v) is 14.2. The smallest absolute Gasteiger partial charge is 0.229 e. The molecule has 0 unspecified atom stereocenters. The molecule has 3 aromatic rings.